The molecule has 0 aliphatic heterocycles. The highest BCUT2D eigenvalue weighted by Gasteiger charge is 2.24. The fourth-order valence-corrected chi connectivity index (χ4v) is 3.24. The van der Waals surface area contributed by atoms with Crippen LogP contribution in [0.1, 0.15) is 40.5 Å². The number of carbonyl (C=O) groups excluding carboxylic acids is 2. The van der Waals surface area contributed by atoms with Gasteiger partial charge in [0.05, 0.1) is 6.33 Å². The van der Waals surface area contributed by atoms with Crippen molar-refractivity contribution in [1.29, 1.82) is 0 Å². The monoisotopic (exact) mass is 407 g/mol. The number of rotatable bonds is 8. The number of ether oxygens (including phenoxy) is 1. The highest BCUT2D eigenvalue weighted by Crippen LogP contribution is 2.12. The van der Waals surface area contributed by atoms with Gasteiger partial charge in [-0.05, 0) is 26.7 Å². The molecule has 1 amide bonds. The van der Waals surface area contributed by atoms with Crippen molar-refractivity contribution >= 4 is 23.0 Å². The first-order chi connectivity index (χ1) is 13.6. The van der Waals surface area contributed by atoms with E-state index in [1.54, 1.807) is 4.90 Å². The van der Waals surface area contributed by atoms with Crippen LogP contribution in [0.25, 0.3) is 11.2 Å². The first-order valence-corrected chi connectivity index (χ1v) is 9.71. The minimum Gasteiger partial charge on any atom is -0.454 e. The Morgan fingerprint density at radius 2 is 1.69 bits per heavy atom. The zero-order chi connectivity index (χ0) is 21.9. The van der Waals surface area contributed by atoms with E-state index in [2.05, 4.69) is 4.98 Å². The molecule has 0 aliphatic carbocycles. The second kappa shape index (κ2) is 9.06. The molecule has 0 unspecified atom stereocenters. The molecule has 2 heterocycles. The number of hydrogen-bond donors (Lipinski definition) is 0. The number of amides is 1. The summed E-state index contributed by atoms with van der Waals surface area (Å²) < 4.78 is 8.67. The Morgan fingerprint density at radius 3 is 2.24 bits per heavy atom. The SMILES string of the molecule is CC[C@@H](C)N(C(=O)COC(=O)Cn1cnc2c1c(=O)n(C)c(=O)n2C)[C@@H](C)CC. The van der Waals surface area contributed by atoms with Crippen molar-refractivity contribution in [3.05, 3.63) is 27.2 Å². The summed E-state index contributed by atoms with van der Waals surface area (Å²) in [6.07, 6.45) is 2.90. The van der Waals surface area contributed by atoms with Crippen LogP contribution in [-0.2, 0) is 35.0 Å². The molecule has 0 bridgehead atoms. The van der Waals surface area contributed by atoms with Gasteiger partial charge in [0.1, 0.15) is 6.54 Å². The quantitative estimate of drug-likeness (QED) is 0.586. The Bertz CT molecular complexity index is 1010. The molecule has 160 valence electrons. The van der Waals surface area contributed by atoms with Gasteiger partial charge in [-0.1, -0.05) is 13.8 Å². The molecular weight excluding hydrogens is 378 g/mol. The second-order valence-electron chi connectivity index (χ2n) is 7.23. The van der Waals surface area contributed by atoms with Gasteiger partial charge < -0.3 is 14.2 Å². The Kier molecular flexibility index (Phi) is 6.99. The lowest BCUT2D eigenvalue weighted by molar-refractivity contribution is -0.154. The molecule has 10 heteroatoms. The Labute approximate surface area is 168 Å². The van der Waals surface area contributed by atoms with Gasteiger partial charge in [-0.25, -0.2) is 9.78 Å². The molecular formula is C19H29N5O5. The van der Waals surface area contributed by atoms with Crippen LogP contribution in [0.3, 0.4) is 0 Å². The lowest BCUT2D eigenvalue weighted by Gasteiger charge is -2.33. The Balaban J connectivity index is 2.15. The molecule has 0 saturated heterocycles. The van der Waals surface area contributed by atoms with Crippen LogP contribution in [0.4, 0.5) is 0 Å². The van der Waals surface area contributed by atoms with E-state index in [-0.39, 0.29) is 42.3 Å². The van der Waals surface area contributed by atoms with Crippen LogP contribution >= 0.6 is 0 Å². The number of aryl methyl sites for hydroxylation is 1. The molecule has 0 saturated carbocycles. The highest BCUT2D eigenvalue weighted by atomic mass is 16.5. The van der Waals surface area contributed by atoms with Crippen molar-refractivity contribution in [3.63, 3.8) is 0 Å². The van der Waals surface area contributed by atoms with Gasteiger partial charge in [-0.3, -0.25) is 23.5 Å². The van der Waals surface area contributed by atoms with Crippen molar-refractivity contribution in [2.24, 2.45) is 14.1 Å². The standard InChI is InChI=1S/C19H29N5O5/c1-7-12(3)24(13(4)8-2)14(25)10-29-15(26)9-23-11-20-17-16(23)18(27)22(6)19(28)21(17)5/h11-13H,7-10H2,1-6H3/t12-,13+. The van der Waals surface area contributed by atoms with E-state index in [9.17, 15) is 19.2 Å². The molecule has 2 atom stereocenters. The largest absolute Gasteiger partial charge is 0.454 e. The van der Waals surface area contributed by atoms with E-state index in [0.717, 1.165) is 17.4 Å². The normalized spacial score (nSPS) is 13.3. The smallest absolute Gasteiger partial charge is 0.332 e. The molecule has 0 spiro atoms. The number of hydrogen-bond acceptors (Lipinski definition) is 6. The van der Waals surface area contributed by atoms with Crippen LogP contribution in [0.2, 0.25) is 0 Å². The van der Waals surface area contributed by atoms with E-state index in [4.69, 9.17) is 4.74 Å². The molecule has 2 aromatic heterocycles. The van der Waals surface area contributed by atoms with Crippen molar-refractivity contribution in [1.82, 2.24) is 23.6 Å². The first kappa shape index (κ1) is 22.4. The predicted octanol–water partition coefficient (Wildman–Crippen LogP) is 0.403. The Hall–Kier alpha value is -2.91. The number of fused-ring (bicyclic) bond motifs is 1. The maximum Gasteiger partial charge on any atom is 0.332 e. The number of nitrogens with zero attached hydrogens (tertiary/aromatic N) is 5. The third-order valence-corrected chi connectivity index (χ3v) is 5.29. The van der Waals surface area contributed by atoms with Gasteiger partial charge >= 0.3 is 11.7 Å². The van der Waals surface area contributed by atoms with E-state index < -0.39 is 17.2 Å². The molecule has 0 N–H and O–H groups in total. The average molecular weight is 407 g/mol. The molecule has 0 aromatic carbocycles. The number of carbonyl (C=O) groups is 2. The summed E-state index contributed by atoms with van der Waals surface area (Å²) >= 11 is 0. The van der Waals surface area contributed by atoms with Crippen LogP contribution in [-0.4, -0.2) is 54.2 Å². The van der Waals surface area contributed by atoms with E-state index in [1.807, 2.05) is 27.7 Å². The van der Waals surface area contributed by atoms with Crippen LogP contribution in [0, 0.1) is 0 Å². The summed E-state index contributed by atoms with van der Waals surface area (Å²) in [7, 11) is 2.85. The van der Waals surface area contributed by atoms with Crippen molar-refractivity contribution < 1.29 is 14.3 Å². The van der Waals surface area contributed by atoms with Crippen molar-refractivity contribution in [2.45, 2.75) is 59.2 Å². The summed E-state index contributed by atoms with van der Waals surface area (Å²) in [6, 6.07) is 0.0797. The third kappa shape index (κ3) is 4.41. The second-order valence-corrected chi connectivity index (χ2v) is 7.23. The minimum atomic E-state index is -0.665. The van der Waals surface area contributed by atoms with E-state index >= 15 is 0 Å². The van der Waals surface area contributed by atoms with Gasteiger partial charge in [0.2, 0.25) is 0 Å². The van der Waals surface area contributed by atoms with Gasteiger partial charge in [0.15, 0.2) is 17.8 Å². The maximum absolute atomic E-state index is 12.6. The van der Waals surface area contributed by atoms with Crippen LogP contribution in [0.5, 0.6) is 0 Å². The van der Waals surface area contributed by atoms with Crippen molar-refractivity contribution in [2.75, 3.05) is 6.61 Å². The molecule has 0 fully saturated rings. The molecule has 10 nitrogen and oxygen atoms in total. The summed E-state index contributed by atoms with van der Waals surface area (Å²) in [5, 5.41) is 0. The summed E-state index contributed by atoms with van der Waals surface area (Å²) in [5.74, 6) is -0.919. The molecule has 29 heavy (non-hydrogen) atoms. The number of esters is 1. The molecule has 0 radical (unpaired) electrons. The average Bonchev–Trinajstić information content (AvgIpc) is 3.12. The van der Waals surface area contributed by atoms with Gasteiger partial charge in [-0.15, -0.1) is 0 Å². The minimum absolute atomic E-state index is 0.0399. The Morgan fingerprint density at radius 1 is 1.10 bits per heavy atom. The predicted molar refractivity (Wildman–Crippen MR) is 108 cm³/mol. The third-order valence-electron chi connectivity index (χ3n) is 5.29. The maximum atomic E-state index is 12.6. The van der Waals surface area contributed by atoms with E-state index in [0.29, 0.717) is 0 Å². The fourth-order valence-electron chi connectivity index (χ4n) is 3.24. The summed E-state index contributed by atoms with van der Waals surface area (Å²) in [4.78, 5) is 55.1. The fraction of sp³-hybridized carbons (Fsp3) is 0.632. The van der Waals surface area contributed by atoms with Gasteiger partial charge in [0.25, 0.3) is 11.5 Å². The zero-order valence-corrected chi connectivity index (χ0v) is 17.8. The molecule has 0 aliphatic rings. The summed E-state index contributed by atoms with van der Waals surface area (Å²) in [6.45, 7) is 7.27. The van der Waals surface area contributed by atoms with Crippen molar-refractivity contribution in [3.8, 4) is 0 Å². The van der Waals surface area contributed by atoms with Crippen LogP contribution < -0.4 is 11.2 Å². The first-order valence-electron chi connectivity index (χ1n) is 9.71. The van der Waals surface area contributed by atoms with E-state index in [1.165, 1.54) is 29.6 Å². The molecule has 2 rings (SSSR count). The summed E-state index contributed by atoms with van der Waals surface area (Å²) in [5.41, 5.74) is -0.749. The highest BCUT2D eigenvalue weighted by molar-refractivity contribution is 5.81. The zero-order valence-electron chi connectivity index (χ0n) is 17.8. The lowest BCUT2D eigenvalue weighted by Crippen LogP contribution is -2.46. The van der Waals surface area contributed by atoms with Gasteiger partial charge in [0, 0.05) is 26.2 Å². The molecule has 2 aromatic rings. The van der Waals surface area contributed by atoms with Gasteiger partial charge in [-0.2, -0.15) is 0 Å². The number of aromatic nitrogens is 4. The topological polar surface area (TPSA) is 108 Å². The van der Waals surface area contributed by atoms with Crippen LogP contribution in [0.15, 0.2) is 15.9 Å². The number of imidazole rings is 1. The lowest BCUT2D eigenvalue weighted by atomic mass is 10.1.